The quantitative estimate of drug-likeness (QED) is 0.809. The number of amides is 1. The highest BCUT2D eigenvalue weighted by molar-refractivity contribution is 6.30. The Labute approximate surface area is 112 Å². The molecule has 0 bridgehead atoms. The van der Waals surface area contributed by atoms with E-state index < -0.39 is 0 Å². The monoisotopic (exact) mass is 267 g/mol. The van der Waals surface area contributed by atoms with E-state index in [1.807, 2.05) is 13.0 Å². The molecule has 2 heterocycles. The molecule has 1 aliphatic rings. The second-order valence-corrected chi connectivity index (χ2v) is 5.26. The largest absolute Gasteiger partial charge is 0.324 e. The van der Waals surface area contributed by atoms with Gasteiger partial charge in [0.2, 0.25) is 5.91 Å². The van der Waals surface area contributed by atoms with Crippen LogP contribution in [0.1, 0.15) is 25.3 Å². The summed E-state index contributed by atoms with van der Waals surface area (Å²) in [7, 11) is 0. The molecular formula is C13H18ClN3O. The molecule has 1 aromatic heterocycles. The Morgan fingerprint density at radius 3 is 3.06 bits per heavy atom. The van der Waals surface area contributed by atoms with E-state index in [1.165, 1.54) is 0 Å². The molecule has 0 radical (unpaired) electrons. The predicted octanol–water partition coefficient (Wildman–Crippen LogP) is 2.37. The van der Waals surface area contributed by atoms with Gasteiger partial charge in [-0.15, -0.1) is 0 Å². The van der Waals surface area contributed by atoms with Crippen molar-refractivity contribution in [3.8, 4) is 0 Å². The molecule has 2 rings (SSSR count). The van der Waals surface area contributed by atoms with Crippen LogP contribution in [-0.4, -0.2) is 23.5 Å². The zero-order valence-electron chi connectivity index (χ0n) is 10.7. The molecule has 1 saturated heterocycles. The Bertz CT molecular complexity index is 450. The van der Waals surface area contributed by atoms with Gasteiger partial charge >= 0.3 is 0 Å². The van der Waals surface area contributed by atoms with Gasteiger partial charge in [0.15, 0.2) is 0 Å². The molecule has 1 fully saturated rings. The van der Waals surface area contributed by atoms with E-state index in [4.69, 9.17) is 11.6 Å². The van der Waals surface area contributed by atoms with Gasteiger partial charge in [-0.2, -0.15) is 0 Å². The van der Waals surface area contributed by atoms with Gasteiger partial charge in [-0.05, 0) is 44.9 Å². The van der Waals surface area contributed by atoms with Crippen molar-refractivity contribution in [3.63, 3.8) is 0 Å². The van der Waals surface area contributed by atoms with Gasteiger partial charge in [0, 0.05) is 12.0 Å². The number of rotatable bonds is 2. The van der Waals surface area contributed by atoms with Crippen LogP contribution in [0, 0.1) is 12.8 Å². The second kappa shape index (κ2) is 5.67. The van der Waals surface area contributed by atoms with Crippen molar-refractivity contribution in [1.29, 1.82) is 0 Å². The average Bonchev–Trinajstić information content (AvgIpc) is 2.34. The van der Waals surface area contributed by atoms with Crippen molar-refractivity contribution in [3.05, 3.63) is 23.0 Å². The topological polar surface area (TPSA) is 54.0 Å². The maximum atomic E-state index is 12.1. The number of carbonyl (C=O) groups is 1. The van der Waals surface area contributed by atoms with Gasteiger partial charge in [-0.1, -0.05) is 11.6 Å². The molecule has 0 aliphatic carbocycles. The van der Waals surface area contributed by atoms with Crippen LogP contribution in [0.5, 0.6) is 0 Å². The fourth-order valence-corrected chi connectivity index (χ4v) is 2.34. The lowest BCUT2D eigenvalue weighted by molar-refractivity contribution is -0.120. The van der Waals surface area contributed by atoms with Crippen LogP contribution in [-0.2, 0) is 4.79 Å². The summed E-state index contributed by atoms with van der Waals surface area (Å²) in [5.41, 5.74) is 1.58. The van der Waals surface area contributed by atoms with E-state index in [9.17, 15) is 4.79 Å². The number of anilines is 1. The molecule has 0 spiro atoms. The van der Waals surface area contributed by atoms with Gasteiger partial charge in [-0.3, -0.25) is 4.79 Å². The van der Waals surface area contributed by atoms with Crippen LogP contribution in [0.2, 0.25) is 5.15 Å². The first-order valence-corrected chi connectivity index (χ1v) is 6.60. The van der Waals surface area contributed by atoms with Crippen LogP contribution >= 0.6 is 11.6 Å². The summed E-state index contributed by atoms with van der Waals surface area (Å²) in [6.45, 7) is 4.88. The van der Waals surface area contributed by atoms with Gasteiger partial charge in [0.1, 0.15) is 5.15 Å². The Hall–Kier alpha value is -1.13. The first kappa shape index (κ1) is 13.3. The number of aromatic nitrogens is 1. The summed E-state index contributed by atoms with van der Waals surface area (Å²) in [6.07, 6.45) is 3.36. The third-order valence-electron chi connectivity index (χ3n) is 3.28. The summed E-state index contributed by atoms with van der Waals surface area (Å²) in [4.78, 5) is 16.1. The fourth-order valence-electron chi connectivity index (χ4n) is 2.24. The Balaban J connectivity index is 2.00. The lowest BCUT2D eigenvalue weighted by Gasteiger charge is -2.27. The number of hydrogen-bond donors (Lipinski definition) is 2. The molecule has 1 amide bonds. The van der Waals surface area contributed by atoms with Crippen LogP contribution in [0.25, 0.3) is 0 Å². The molecule has 1 aromatic rings. The predicted molar refractivity (Wildman–Crippen MR) is 72.8 cm³/mol. The minimum atomic E-state index is 0.0758. The van der Waals surface area contributed by atoms with Crippen LogP contribution < -0.4 is 10.6 Å². The first-order valence-electron chi connectivity index (χ1n) is 6.22. The molecule has 2 unspecified atom stereocenters. The number of hydrogen-bond acceptors (Lipinski definition) is 3. The minimum absolute atomic E-state index is 0.0758. The SMILES string of the molecule is Cc1cc(NC(=O)C2CCNC(C)C2)cnc1Cl. The Kier molecular flexibility index (Phi) is 4.19. The second-order valence-electron chi connectivity index (χ2n) is 4.90. The van der Waals surface area contributed by atoms with Gasteiger partial charge < -0.3 is 10.6 Å². The van der Waals surface area contributed by atoms with Crippen LogP contribution in [0.4, 0.5) is 5.69 Å². The van der Waals surface area contributed by atoms with Crippen LogP contribution in [0.15, 0.2) is 12.3 Å². The highest BCUT2D eigenvalue weighted by Crippen LogP contribution is 2.20. The van der Waals surface area contributed by atoms with Gasteiger partial charge in [0.05, 0.1) is 11.9 Å². The van der Waals surface area contributed by atoms with E-state index in [2.05, 4.69) is 22.5 Å². The van der Waals surface area contributed by atoms with E-state index in [0.29, 0.717) is 16.9 Å². The number of nitrogens with zero attached hydrogens (tertiary/aromatic N) is 1. The molecule has 18 heavy (non-hydrogen) atoms. The highest BCUT2D eigenvalue weighted by atomic mass is 35.5. The summed E-state index contributed by atoms with van der Waals surface area (Å²) in [5, 5.41) is 6.73. The number of nitrogens with one attached hydrogen (secondary N) is 2. The standard InChI is InChI=1S/C13H18ClN3O/c1-8-5-11(7-16-12(8)14)17-13(18)10-3-4-15-9(2)6-10/h5,7,9-10,15H,3-4,6H2,1-2H3,(H,17,18). The molecular weight excluding hydrogens is 250 g/mol. The van der Waals surface area contributed by atoms with E-state index in [0.717, 1.165) is 24.9 Å². The summed E-state index contributed by atoms with van der Waals surface area (Å²) in [5.74, 6) is 0.157. The average molecular weight is 268 g/mol. The lowest BCUT2D eigenvalue weighted by Crippen LogP contribution is -2.40. The molecule has 4 nitrogen and oxygen atoms in total. The third kappa shape index (κ3) is 3.21. The van der Waals surface area contributed by atoms with Crippen molar-refractivity contribution in [2.24, 2.45) is 5.92 Å². The normalized spacial score (nSPS) is 23.7. The van der Waals surface area contributed by atoms with E-state index in [1.54, 1.807) is 6.20 Å². The zero-order valence-corrected chi connectivity index (χ0v) is 11.4. The number of halogens is 1. The Morgan fingerprint density at radius 2 is 2.39 bits per heavy atom. The number of aryl methyl sites for hydroxylation is 1. The maximum absolute atomic E-state index is 12.1. The van der Waals surface area contributed by atoms with E-state index in [-0.39, 0.29) is 11.8 Å². The Morgan fingerprint density at radius 1 is 1.61 bits per heavy atom. The van der Waals surface area contributed by atoms with Crippen molar-refractivity contribution in [2.45, 2.75) is 32.7 Å². The summed E-state index contributed by atoms with van der Waals surface area (Å²) < 4.78 is 0. The molecule has 2 atom stereocenters. The highest BCUT2D eigenvalue weighted by Gasteiger charge is 2.24. The number of carbonyl (C=O) groups excluding carboxylic acids is 1. The molecule has 98 valence electrons. The molecule has 0 aromatic carbocycles. The number of pyridine rings is 1. The number of piperidine rings is 1. The minimum Gasteiger partial charge on any atom is -0.324 e. The van der Waals surface area contributed by atoms with E-state index >= 15 is 0 Å². The molecule has 0 saturated carbocycles. The molecule has 1 aliphatic heterocycles. The van der Waals surface area contributed by atoms with Crippen molar-refractivity contribution < 1.29 is 4.79 Å². The van der Waals surface area contributed by atoms with Crippen molar-refractivity contribution >= 4 is 23.2 Å². The third-order valence-corrected chi connectivity index (χ3v) is 3.67. The zero-order chi connectivity index (χ0) is 13.1. The van der Waals surface area contributed by atoms with Crippen molar-refractivity contribution in [1.82, 2.24) is 10.3 Å². The van der Waals surface area contributed by atoms with Crippen LogP contribution in [0.3, 0.4) is 0 Å². The fraction of sp³-hybridized carbons (Fsp3) is 0.538. The van der Waals surface area contributed by atoms with Crippen molar-refractivity contribution in [2.75, 3.05) is 11.9 Å². The molecule has 5 heteroatoms. The summed E-state index contributed by atoms with van der Waals surface area (Å²) in [6, 6.07) is 2.25. The maximum Gasteiger partial charge on any atom is 0.227 e. The first-order chi connectivity index (χ1) is 8.56. The van der Waals surface area contributed by atoms with Gasteiger partial charge in [0.25, 0.3) is 0 Å². The summed E-state index contributed by atoms with van der Waals surface area (Å²) >= 11 is 5.85. The smallest absolute Gasteiger partial charge is 0.227 e. The van der Waals surface area contributed by atoms with Gasteiger partial charge in [-0.25, -0.2) is 4.98 Å². The molecule has 2 N–H and O–H groups in total. The lowest BCUT2D eigenvalue weighted by atomic mass is 9.92.